The molecule has 0 N–H and O–H groups in total. The van der Waals surface area contributed by atoms with Gasteiger partial charge in [0.2, 0.25) is 0 Å². The molecule has 0 radical (unpaired) electrons. The van der Waals surface area contributed by atoms with Crippen LogP contribution in [0.25, 0.3) is 0 Å². The first-order valence-electron chi connectivity index (χ1n) is 6.41. The fourth-order valence-electron chi connectivity index (χ4n) is 2.09. The zero-order chi connectivity index (χ0) is 14.5. The van der Waals surface area contributed by atoms with Crippen LogP contribution < -0.4 is 9.64 Å². The number of alkyl halides is 1. The van der Waals surface area contributed by atoms with E-state index in [0.29, 0.717) is 23.9 Å². The van der Waals surface area contributed by atoms with E-state index in [1.807, 2.05) is 0 Å². The van der Waals surface area contributed by atoms with Crippen molar-refractivity contribution in [2.75, 3.05) is 23.9 Å². The van der Waals surface area contributed by atoms with Gasteiger partial charge in [-0.15, -0.1) is 11.6 Å². The summed E-state index contributed by atoms with van der Waals surface area (Å²) in [7, 11) is 0. The molecule has 0 bridgehead atoms. The Kier molecular flexibility index (Phi) is 4.79. The van der Waals surface area contributed by atoms with Crippen LogP contribution in [0.3, 0.4) is 0 Å². The Bertz CT molecular complexity index is 521. The predicted octanol–water partition coefficient (Wildman–Crippen LogP) is 2.73. The molecule has 1 amide bonds. The van der Waals surface area contributed by atoms with Gasteiger partial charge in [0.25, 0.3) is 11.6 Å². The van der Waals surface area contributed by atoms with Gasteiger partial charge in [-0.3, -0.25) is 14.9 Å². The van der Waals surface area contributed by atoms with E-state index in [0.717, 1.165) is 19.3 Å². The minimum absolute atomic E-state index is 0.0275. The van der Waals surface area contributed by atoms with Crippen molar-refractivity contribution in [3.63, 3.8) is 0 Å². The molecule has 1 aliphatic rings. The lowest BCUT2D eigenvalue weighted by Crippen LogP contribution is -2.39. The summed E-state index contributed by atoms with van der Waals surface area (Å²) in [4.78, 5) is 23.8. The summed E-state index contributed by atoms with van der Waals surface area (Å²) in [6.45, 7) is 0.494. The Balaban J connectivity index is 2.18. The first-order chi connectivity index (χ1) is 9.63. The summed E-state index contributed by atoms with van der Waals surface area (Å²) in [5, 5.41) is 10.8. The number of ether oxygens (including phenoxy) is 1. The van der Waals surface area contributed by atoms with Crippen molar-refractivity contribution in [2.24, 2.45) is 0 Å². The minimum Gasteiger partial charge on any atom is -0.482 e. The molecule has 7 heteroatoms. The number of amides is 1. The van der Waals surface area contributed by atoms with Crippen molar-refractivity contribution in [3.8, 4) is 5.75 Å². The van der Waals surface area contributed by atoms with Crippen molar-refractivity contribution < 1.29 is 14.5 Å². The van der Waals surface area contributed by atoms with Gasteiger partial charge in [-0.25, -0.2) is 0 Å². The number of hydrogen-bond acceptors (Lipinski definition) is 4. The van der Waals surface area contributed by atoms with Gasteiger partial charge in [-0.05, 0) is 18.9 Å². The second-order valence-corrected chi connectivity index (χ2v) is 4.87. The maximum atomic E-state index is 11.9. The molecule has 1 aliphatic heterocycles. The zero-order valence-corrected chi connectivity index (χ0v) is 11.6. The minimum atomic E-state index is -0.481. The van der Waals surface area contributed by atoms with E-state index >= 15 is 0 Å². The van der Waals surface area contributed by atoms with Gasteiger partial charge in [0.15, 0.2) is 6.61 Å². The van der Waals surface area contributed by atoms with Gasteiger partial charge in [0, 0.05) is 24.6 Å². The van der Waals surface area contributed by atoms with Gasteiger partial charge in [0.1, 0.15) is 5.75 Å². The van der Waals surface area contributed by atoms with Crippen LogP contribution in [0.1, 0.15) is 19.3 Å². The van der Waals surface area contributed by atoms with Crippen LogP contribution >= 0.6 is 11.6 Å². The van der Waals surface area contributed by atoms with Gasteiger partial charge < -0.3 is 9.64 Å². The van der Waals surface area contributed by atoms with Crippen LogP contribution in [-0.4, -0.2) is 29.9 Å². The normalized spacial score (nSPS) is 13.8. The smallest absolute Gasteiger partial charge is 0.271 e. The number of nitro benzene ring substituents is 1. The van der Waals surface area contributed by atoms with Crippen LogP contribution in [-0.2, 0) is 4.79 Å². The Morgan fingerprint density at radius 3 is 2.85 bits per heavy atom. The third-order valence-electron chi connectivity index (χ3n) is 3.11. The number of carbonyl (C=O) groups excluding carboxylic acids is 1. The second-order valence-electron chi connectivity index (χ2n) is 4.49. The number of benzene rings is 1. The molecule has 20 heavy (non-hydrogen) atoms. The van der Waals surface area contributed by atoms with Crippen LogP contribution in [0.4, 0.5) is 11.4 Å². The molecular weight excluding hydrogens is 284 g/mol. The number of fused-ring (bicyclic) bond motifs is 1. The van der Waals surface area contributed by atoms with Crippen molar-refractivity contribution in [2.45, 2.75) is 19.3 Å². The van der Waals surface area contributed by atoms with Crippen molar-refractivity contribution in [1.29, 1.82) is 0 Å². The molecule has 2 rings (SSSR count). The number of carbonyl (C=O) groups is 1. The van der Waals surface area contributed by atoms with Gasteiger partial charge in [-0.1, -0.05) is 6.42 Å². The molecule has 1 aromatic rings. The number of non-ortho nitro benzene ring substituents is 1. The summed E-state index contributed by atoms with van der Waals surface area (Å²) in [5.74, 6) is 0.926. The third-order valence-corrected chi connectivity index (χ3v) is 3.38. The molecule has 108 valence electrons. The molecule has 0 aliphatic carbocycles. The Labute approximate surface area is 121 Å². The standard InChI is InChI=1S/C13H15ClN2O4/c14-6-2-1-3-7-15-11-8-10(16(18)19)4-5-12(11)20-9-13(15)17/h4-5,8H,1-3,6-7,9H2. The topological polar surface area (TPSA) is 72.7 Å². The molecule has 0 saturated carbocycles. The van der Waals surface area contributed by atoms with E-state index in [1.54, 1.807) is 4.90 Å². The Morgan fingerprint density at radius 1 is 1.35 bits per heavy atom. The van der Waals surface area contributed by atoms with Crippen molar-refractivity contribution in [1.82, 2.24) is 0 Å². The Morgan fingerprint density at radius 2 is 2.15 bits per heavy atom. The monoisotopic (exact) mass is 298 g/mol. The highest BCUT2D eigenvalue weighted by atomic mass is 35.5. The Hall–Kier alpha value is -1.82. The lowest BCUT2D eigenvalue weighted by atomic mass is 10.2. The van der Waals surface area contributed by atoms with E-state index < -0.39 is 4.92 Å². The number of unbranched alkanes of at least 4 members (excludes halogenated alkanes) is 2. The molecule has 0 unspecified atom stereocenters. The first-order valence-corrected chi connectivity index (χ1v) is 6.94. The fraction of sp³-hybridized carbons (Fsp3) is 0.462. The highest BCUT2D eigenvalue weighted by molar-refractivity contribution is 6.17. The fourth-order valence-corrected chi connectivity index (χ4v) is 2.28. The molecule has 1 aromatic carbocycles. The van der Waals surface area contributed by atoms with Crippen molar-refractivity contribution >= 4 is 28.9 Å². The highest BCUT2D eigenvalue weighted by Crippen LogP contribution is 2.35. The number of hydrogen-bond donors (Lipinski definition) is 0. The van der Waals surface area contributed by atoms with E-state index in [1.165, 1.54) is 18.2 Å². The molecule has 1 heterocycles. The summed E-state index contributed by atoms with van der Waals surface area (Å²) < 4.78 is 5.29. The molecule has 6 nitrogen and oxygen atoms in total. The molecule has 0 fully saturated rings. The molecule has 0 saturated heterocycles. The summed E-state index contributed by atoms with van der Waals surface area (Å²) in [6, 6.07) is 4.29. The van der Waals surface area contributed by atoms with Crippen LogP contribution in [0.2, 0.25) is 0 Å². The highest BCUT2D eigenvalue weighted by Gasteiger charge is 2.27. The quantitative estimate of drug-likeness (QED) is 0.350. The molecule has 0 spiro atoms. The predicted molar refractivity (Wildman–Crippen MR) is 75.5 cm³/mol. The first kappa shape index (κ1) is 14.6. The number of nitrogens with zero attached hydrogens (tertiary/aromatic N) is 2. The number of nitro groups is 1. The van der Waals surface area contributed by atoms with E-state index in [4.69, 9.17) is 16.3 Å². The number of rotatable bonds is 6. The zero-order valence-electron chi connectivity index (χ0n) is 10.9. The van der Waals surface area contributed by atoms with Crippen LogP contribution in [0.5, 0.6) is 5.75 Å². The lowest BCUT2D eigenvalue weighted by molar-refractivity contribution is -0.384. The van der Waals surface area contributed by atoms with E-state index in [-0.39, 0.29) is 18.2 Å². The van der Waals surface area contributed by atoms with Crippen LogP contribution in [0.15, 0.2) is 18.2 Å². The number of anilines is 1. The summed E-state index contributed by atoms with van der Waals surface area (Å²) in [6.07, 6.45) is 2.61. The number of halogens is 1. The average Bonchev–Trinajstić information content (AvgIpc) is 2.44. The summed E-state index contributed by atoms with van der Waals surface area (Å²) >= 11 is 5.61. The average molecular weight is 299 g/mol. The molecule has 0 aromatic heterocycles. The van der Waals surface area contributed by atoms with Crippen molar-refractivity contribution in [3.05, 3.63) is 28.3 Å². The van der Waals surface area contributed by atoms with Gasteiger partial charge in [0.05, 0.1) is 10.6 Å². The molecule has 0 atom stereocenters. The van der Waals surface area contributed by atoms with Gasteiger partial charge in [-0.2, -0.15) is 0 Å². The maximum Gasteiger partial charge on any atom is 0.271 e. The SMILES string of the molecule is O=C1COc2ccc([N+](=O)[O-])cc2N1CCCCCCl. The van der Waals surface area contributed by atoms with Crippen LogP contribution in [0, 0.1) is 10.1 Å². The largest absolute Gasteiger partial charge is 0.482 e. The lowest BCUT2D eigenvalue weighted by Gasteiger charge is -2.29. The summed E-state index contributed by atoms with van der Waals surface area (Å²) in [5.41, 5.74) is 0.425. The van der Waals surface area contributed by atoms with Gasteiger partial charge >= 0.3 is 0 Å². The van der Waals surface area contributed by atoms with E-state index in [9.17, 15) is 14.9 Å². The molecular formula is C13H15ClN2O4. The second kappa shape index (κ2) is 6.56. The maximum absolute atomic E-state index is 11.9. The third kappa shape index (κ3) is 3.19. The van der Waals surface area contributed by atoms with E-state index in [2.05, 4.69) is 0 Å².